The fourth-order valence-corrected chi connectivity index (χ4v) is 2.66. The number of ether oxygens (including phenoxy) is 1. The summed E-state index contributed by atoms with van der Waals surface area (Å²) >= 11 is 0. The van der Waals surface area contributed by atoms with Crippen LogP contribution in [0.15, 0.2) is 6.20 Å². The Labute approximate surface area is 123 Å². The molecule has 7 nitrogen and oxygen atoms in total. The first-order valence-corrected chi connectivity index (χ1v) is 7.03. The van der Waals surface area contributed by atoms with E-state index in [2.05, 4.69) is 10.4 Å². The van der Waals surface area contributed by atoms with Gasteiger partial charge in [0.1, 0.15) is 0 Å². The summed E-state index contributed by atoms with van der Waals surface area (Å²) in [6.07, 6.45) is 1.39. The van der Waals surface area contributed by atoms with E-state index >= 15 is 0 Å². The van der Waals surface area contributed by atoms with Gasteiger partial charge in [-0.3, -0.25) is 9.48 Å². The molecule has 3 rings (SSSR count). The Kier molecular flexibility index (Phi) is 2.80. The maximum Gasteiger partial charge on any atom is 0.408 e. The largest absolute Gasteiger partial charge is 0.437 e. The van der Waals surface area contributed by atoms with Gasteiger partial charge in [-0.05, 0) is 27.7 Å². The minimum atomic E-state index is -0.527. The van der Waals surface area contributed by atoms with Gasteiger partial charge in [-0.15, -0.1) is 0 Å². The van der Waals surface area contributed by atoms with Crippen LogP contribution in [-0.4, -0.2) is 51.9 Å². The standard InChI is InChI=1S/C14H20N4O3/c1-9-10(5-18(16-9)13(2,3)4)11(19)17-7-14(8-17)6-15-12(20)21-14/h5H,6-8H2,1-4H3,(H,15,20). The number of likely N-dealkylation sites (tertiary alicyclic amines) is 1. The minimum absolute atomic E-state index is 0.0587. The van der Waals surface area contributed by atoms with Crippen LogP contribution in [0.3, 0.4) is 0 Å². The van der Waals surface area contributed by atoms with Crippen molar-refractivity contribution in [3.05, 3.63) is 17.5 Å². The van der Waals surface area contributed by atoms with Gasteiger partial charge in [-0.1, -0.05) is 0 Å². The highest BCUT2D eigenvalue weighted by Crippen LogP contribution is 2.30. The second kappa shape index (κ2) is 4.22. The van der Waals surface area contributed by atoms with Crippen molar-refractivity contribution in [2.24, 2.45) is 0 Å². The number of amides is 2. The second-order valence-corrected chi connectivity index (χ2v) is 6.83. The van der Waals surface area contributed by atoms with E-state index < -0.39 is 11.7 Å². The van der Waals surface area contributed by atoms with Gasteiger partial charge < -0.3 is 15.0 Å². The molecule has 114 valence electrons. The quantitative estimate of drug-likeness (QED) is 0.833. The molecular weight excluding hydrogens is 272 g/mol. The lowest BCUT2D eigenvalue weighted by Gasteiger charge is -2.45. The summed E-state index contributed by atoms with van der Waals surface area (Å²) in [6, 6.07) is 0. The van der Waals surface area contributed by atoms with Gasteiger partial charge in [0.25, 0.3) is 5.91 Å². The van der Waals surface area contributed by atoms with Gasteiger partial charge in [0.05, 0.1) is 36.4 Å². The average molecular weight is 292 g/mol. The maximum atomic E-state index is 12.5. The van der Waals surface area contributed by atoms with E-state index in [0.717, 1.165) is 5.69 Å². The number of aryl methyl sites for hydroxylation is 1. The van der Waals surface area contributed by atoms with E-state index in [4.69, 9.17) is 4.74 Å². The summed E-state index contributed by atoms with van der Waals surface area (Å²) in [5, 5.41) is 7.05. The Balaban J connectivity index is 1.73. The molecule has 2 fully saturated rings. The Hall–Kier alpha value is -2.05. The van der Waals surface area contributed by atoms with Crippen molar-refractivity contribution >= 4 is 12.0 Å². The van der Waals surface area contributed by atoms with Crippen molar-refractivity contribution in [3.8, 4) is 0 Å². The number of hydrogen-bond donors (Lipinski definition) is 1. The smallest absolute Gasteiger partial charge is 0.408 e. The van der Waals surface area contributed by atoms with Gasteiger partial charge in [0.2, 0.25) is 0 Å². The van der Waals surface area contributed by atoms with Crippen molar-refractivity contribution in [2.75, 3.05) is 19.6 Å². The molecule has 3 heterocycles. The van der Waals surface area contributed by atoms with E-state index in [1.165, 1.54) is 0 Å². The normalized spacial score (nSPS) is 20.2. The molecule has 21 heavy (non-hydrogen) atoms. The molecule has 7 heteroatoms. The van der Waals surface area contributed by atoms with Crippen molar-refractivity contribution in [1.82, 2.24) is 20.0 Å². The summed E-state index contributed by atoms with van der Waals surface area (Å²) in [5.74, 6) is -0.0587. The third kappa shape index (κ3) is 2.26. The highest BCUT2D eigenvalue weighted by molar-refractivity contribution is 5.96. The van der Waals surface area contributed by atoms with E-state index in [0.29, 0.717) is 25.2 Å². The molecule has 1 aromatic heterocycles. The van der Waals surface area contributed by atoms with E-state index in [-0.39, 0.29) is 11.4 Å². The number of carbonyl (C=O) groups excluding carboxylic acids is 2. The van der Waals surface area contributed by atoms with E-state index in [9.17, 15) is 9.59 Å². The van der Waals surface area contributed by atoms with E-state index in [1.54, 1.807) is 11.1 Å². The number of alkyl carbamates (subject to hydrolysis) is 1. The molecule has 1 aromatic rings. The molecule has 2 aliphatic rings. The van der Waals surface area contributed by atoms with Crippen LogP contribution in [0.2, 0.25) is 0 Å². The van der Waals surface area contributed by atoms with Crippen LogP contribution in [0.4, 0.5) is 4.79 Å². The first kappa shape index (κ1) is 13.9. The maximum absolute atomic E-state index is 12.5. The minimum Gasteiger partial charge on any atom is -0.437 e. The Morgan fingerprint density at radius 2 is 2.10 bits per heavy atom. The Bertz CT molecular complexity index is 608. The summed E-state index contributed by atoms with van der Waals surface area (Å²) in [4.78, 5) is 25.3. The predicted octanol–water partition coefficient (Wildman–Crippen LogP) is 0.881. The molecule has 1 spiro atoms. The fraction of sp³-hybridized carbons (Fsp3) is 0.643. The van der Waals surface area contributed by atoms with Gasteiger partial charge in [0.15, 0.2) is 5.60 Å². The van der Waals surface area contributed by atoms with Crippen LogP contribution in [0.25, 0.3) is 0 Å². The fourth-order valence-electron chi connectivity index (χ4n) is 2.66. The van der Waals surface area contributed by atoms with Crippen molar-refractivity contribution in [2.45, 2.75) is 38.8 Å². The predicted molar refractivity (Wildman–Crippen MR) is 75.1 cm³/mol. The van der Waals surface area contributed by atoms with Crippen LogP contribution < -0.4 is 5.32 Å². The third-order valence-corrected chi connectivity index (χ3v) is 3.93. The molecule has 0 saturated carbocycles. The number of nitrogens with one attached hydrogen (secondary N) is 1. The van der Waals surface area contributed by atoms with Crippen LogP contribution in [-0.2, 0) is 10.3 Å². The zero-order valence-electron chi connectivity index (χ0n) is 12.8. The number of nitrogens with zero attached hydrogens (tertiary/aromatic N) is 3. The lowest BCUT2D eigenvalue weighted by atomic mass is 9.93. The van der Waals surface area contributed by atoms with Gasteiger partial charge in [-0.25, -0.2) is 4.79 Å². The Morgan fingerprint density at radius 3 is 2.57 bits per heavy atom. The SMILES string of the molecule is Cc1nn(C(C)(C)C)cc1C(=O)N1CC2(CNC(=O)O2)C1. The Morgan fingerprint density at radius 1 is 1.43 bits per heavy atom. The second-order valence-electron chi connectivity index (χ2n) is 6.83. The average Bonchev–Trinajstić information content (AvgIpc) is 2.89. The zero-order chi connectivity index (χ0) is 15.4. The first-order chi connectivity index (χ1) is 9.70. The highest BCUT2D eigenvalue weighted by atomic mass is 16.6. The summed E-state index contributed by atoms with van der Waals surface area (Å²) in [5.41, 5.74) is 0.639. The molecule has 0 aliphatic carbocycles. The monoisotopic (exact) mass is 292 g/mol. The topological polar surface area (TPSA) is 76.5 Å². The molecule has 2 aliphatic heterocycles. The molecule has 0 aromatic carbocycles. The van der Waals surface area contributed by atoms with E-state index in [1.807, 2.05) is 32.4 Å². The number of rotatable bonds is 1. The first-order valence-electron chi connectivity index (χ1n) is 7.03. The van der Waals surface area contributed by atoms with Crippen LogP contribution in [0.1, 0.15) is 36.8 Å². The van der Waals surface area contributed by atoms with Gasteiger partial charge in [0, 0.05) is 6.20 Å². The molecule has 2 amide bonds. The van der Waals surface area contributed by atoms with Crippen molar-refractivity contribution in [3.63, 3.8) is 0 Å². The molecule has 1 N–H and O–H groups in total. The summed E-state index contributed by atoms with van der Waals surface area (Å²) in [7, 11) is 0. The molecule has 0 atom stereocenters. The van der Waals surface area contributed by atoms with Crippen LogP contribution >= 0.6 is 0 Å². The molecule has 0 radical (unpaired) electrons. The third-order valence-electron chi connectivity index (χ3n) is 3.93. The molecule has 0 unspecified atom stereocenters. The zero-order valence-corrected chi connectivity index (χ0v) is 12.8. The number of hydrogen-bond acceptors (Lipinski definition) is 4. The molecule has 2 saturated heterocycles. The van der Waals surface area contributed by atoms with Crippen molar-refractivity contribution < 1.29 is 14.3 Å². The number of aromatic nitrogens is 2. The summed E-state index contributed by atoms with van der Waals surface area (Å²) in [6.45, 7) is 9.29. The molecular formula is C14H20N4O3. The van der Waals surface area contributed by atoms with Gasteiger partial charge >= 0.3 is 6.09 Å². The summed E-state index contributed by atoms with van der Waals surface area (Å²) < 4.78 is 7.03. The highest BCUT2D eigenvalue weighted by Gasteiger charge is 2.52. The lowest BCUT2D eigenvalue weighted by molar-refractivity contribution is -0.0576. The lowest BCUT2D eigenvalue weighted by Crippen LogP contribution is -2.65. The number of carbonyl (C=O) groups is 2. The van der Waals surface area contributed by atoms with Gasteiger partial charge in [-0.2, -0.15) is 5.10 Å². The van der Waals surface area contributed by atoms with Crippen LogP contribution in [0, 0.1) is 6.92 Å². The van der Waals surface area contributed by atoms with Crippen molar-refractivity contribution in [1.29, 1.82) is 0 Å². The van der Waals surface area contributed by atoms with Crippen LogP contribution in [0.5, 0.6) is 0 Å². The molecule has 0 bridgehead atoms.